The highest BCUT2D eigenvalue weighted by atomic mass is 16.5. The van der Waals surface area contributed by atoms with Crippen LogP contribution < -0.4 is 0 Å². The lowest BCUT2D eigenvalue weighted by Gasteiger charge is -2.04. The van der Waals surface area contributed by atoms with Crippen LogP contribution in [0.4, 0.5) is 0 Å². The second-order valence-corrected chi connectivity index (χ2v) is 3.00. The highest BCUT2D eigenvalue weighted by molar-refractivity contribution is 5.99. The number of carbonyl (C=O) groups excluding carboxylic acids is 2. The molecule has 4 nitrogen and oxygen atoms in total. The zero-order valence-corrected chi connectivity index (χ0v) is 8.61. The lowest BCUT2D eigenvalue weighted by molar-refractivity contribution is 0.0597. The predicted molar refractivity (Wildman–Crippen MR) is 54.1 cm³/mol. The zero-order chi connectivity index (χ0) is 11.4. The molecule has 0 aliphatic carbocycles. The third-order valence-electron chi connectivity index (χ3n) is 2.05. The number of phenols is 1. The van der Waals surface area contributed by atoms with Gasteiger partial charge in [0.05, 0.1) is 7.11 Å². The van der Waals surface area contributed by atoms with Crippen LogP contribution in [0.3, 0.4) is 0 Å². The Labute approximate surface area is 87.5 Å². The summed E-state index contributed by atoms with van der Waals surface area (Å²) in [6, 6.07) is 4.15. The molecule has 1 rings (SSSR count). The summed E-state index contributed by atoms with van der Waals surface area (Å²) in [5, 5.41) is 9.48. The first kappa shape index (κ1) is 11.2. The molecule has 0 saturated heterocycles. The SMILES string of the molecule is CCC(=O)c1ccc(C(=O)OC)c(O)c1. The molecule has 0 atom stereocenters. The Hall–Kier alpha value is -1.84. The molecule has 15 heavy (non-hydrogen) atoms. The molecule has 0 aliphatic rings. The normalized spacial score (nSPS) is 9.73. The molecular weight excluding hydrogens is 196 g/mol. The molecule has 0 amide bonds. The fourth-order valence-corrected chi connectivity index (χ4v) is 1.19. The second-order valence-electron chi connectivity index (χ2n) is 3.00. The maximum Gasteiger partial charge on any atom is 0.341 e. The first-order chi connectivity index (χ1) is 7.10. The molecular formula is C11H12O4. The van der Waals surface area contributed by atoms with E-state index in [1.165, 1.54) is 25.3 Å². The lowest BCUT2D eigenvalue weighted by Crippen LogP contribution is -2.03. The van der Waals surface area contributed by atoms with Crippen molar-refractivity contribution in [3.05, 3.63) is 29.3 Å². The molecule has 4 heteroatoms. The molecule has 80 valence electrons. The topological polar surface area (TPSA) is 63.6 Å². The Morgan fingerprint density at radius 1 is 1.40 bits per heavy atom. The van der Waals surface area contributed by atoms with Gasteiger partial charge in [0, 0.05) is 12.0 Å². The van der Waals surface area contributed by atoms with Gasteiger partial charge in [-0.2, -0.15) is 0 Å². The fourth-order valence-electron chi connectivity index (χ4n) is 1.19. The summed E-state index contributed by atoms with van der Waals surface area (Å²) >= 11 is 0. The minimum atomic E-state index is -0.622. The van der Waals surface area contributed by atoms with Crippen LogP contribution in [-0.2, 0) is 4.74 Å². The number of hydrogen-bond donors (Lipinski definition) is 1. The summed E-state index contributed by atoms with van der Waals surface area (Å²) in [4.78, 5) is 22.4. The van der Waals surface area contributed by atoms with Crippen molar-refractivity contribution in [2.45, 2.75) is 13.3 Å². The Balaban J connectivity index is 3.08. The Morgan fingerprint density at radius 2 is 2.07 bits per heavy atom. The molecule has 0 aromatic heterocycles. The van der Waals surface area contributed by atoms with Crippen LogP contribution in [0.2, 0.25) is 0 Å². The molecule has 0 bridgehead atoms. The van der Waals surface area contributed by atoms with Crippen molar-refractivity contribution in [1.82, 2.24) is 0 Å². The number of carbonyl (C=O) groups is 2. The molecule has 0 heterocycles. The lowest BCUT2D eigenvalue weighted by atomic mass is 10.1. The minimum Gasteiger partial charge on any atom is -0.507 e. The third-order valence-corrected chi connectivity index (χ3v) is 2.05. The van der Waals surface area contributed by atoms with E-state index in [0.29, 0.717) is 12.0 Å². The maximum atomic E-state index is 11.3. The van der Waals surface area contributed by atoms with Crippen LogP contribution in [0, 0.1) is 0 Å². The van der Waals surface area contributed by atoms with E-state index < -0.39 is 5.97 Å². The second kappa shape index (κ2) is 4.59. The monoisotopic (exact) mass is 208 g/mol. The van der Waals surface area contributed by atoms with Crippen LogP contribution in [0.25, 0.3) is 0 Å². The number of benzene rings is 1. The van der Waals surface area contributed by atoms with Crippen molar-refractivity contribution in [3.8, 4) is 5.75 Å². The average molecular weight is 208 g/mol. The minimum absolute atomic E-state index is 0.0603. The van der Waals surface area contributed by atoms with Gasteiger partial charge in [0.1, 0.15) is 11.3 Å². The standard InChI is InChI=1S/C11H12O4/c1-3-9(12)7-4-5-8(10(13)6-7)11(14)15-2/h4-6,13H,3H2,1-2H3. The van der Waals surface area contributed by atoms with Gasteiger partial charge in [0.25, 0.3) is 0 Å². The zero-order valence-electron chi connectivity index (χ0n) is 8.61. The van der Waals surface area contributed by atoms with Crippen LogP contribution in [0.1, 0.15) is 34.1 Å². The first-order valence-corrected chi connectivity index (χ1v) is 4.54. The number of Topliss-reactive ketones (excluding diaryl/α,β-unsaturated/α-hetero) is 1. The number of hydrogen-bond acceptors (Lipinski definition) is 4. The first-order valence-electron chi connectivity index (χ1n) is 4.54. The smallest absolute Gasteiger partial charge is 0.341 e. The van der Waals surface area contributed by atoms with Crippen molar-refractivity contribution < 1.29 is 19.4 Å². The van der Waals surface area contributed by atoms with Gasteiger partial charge < -0.3 is 9.84 Å². The van der Waals surface area contributed by atoms with Crippen LogP contribution >= 0.6 is 0 Å². The van der Waals surface area contributed by atoms with Crippen molar-refractivity contribution in [3.63, 3.8) is 0 Å². The number of ketones is 1. The van der Waals surface area contributed by atoms with Gasteiger partial charge in [-0.25, -0.2) is 4.79 Å². The molecule has 1 aromatic carbocycles. The molecule has 0 unspecified atom stereocenters. The molecule has 0 fully saturated rings. The molecule has 0 spiro atoms. The fraction of sp³-hybridized carbons (Fsp3) is 0.273. The highest BCUT2D eigenvalue weighted by Gasteiger charge is 2.13. The van der Waals surface area contributed by atoms with Crippen molar-refractivity contribution in [1.29, 1.82) is 0 Å². The Kier molecular flexibility index (Phi) is 3.44. The van der Waals surface area contributed by atoms with Crippen molar-refractivity contribution in [2.24, 2.45) is 0 Å². The molecule has 1 N–H and O–H groups in total. The summed E-state index contributed by atoms with van der Waals surface area (Å²) in [6.07, 6.45) is 0.358. The molecule has 0 saturated carbocycles. The van der Waals surface area contributed by atoms with Gasteiger partial charge in [-0.05, 0) is 12.1 Å². The maximum absolute atomic E-state index is 11.3. The van der Waals surface area contributed by atoms with Gasteiger partial charge in [0.2, 0.25) is 0 Å². The number of esters is 1. The van der Waals surface area contributed by atoms with Crippen LogP contribution in [-0.4, -0.2) is 24.0 Å². The van der Waals surface area contributed by atoms with Gasteiger partial charge in [-0.1, -0.05) is 13.0 Å². The van der Waals surface area contributed by atoms with E-state index in [2.05, 4.69) is 4.74 Å². The largest absolute Gasteiger partial charge is 0.507 e. The van der Waals surface area contributed by atoms with Crippen molar-refractivity contribution >= 4 is 11.8 Å². The van der Waals surface area contributed by atoms with E-state index >= 15 is 0 Å². The highest BCUT2D eigenvalue weighted by Crippen LogP contribution is 2.20. The van der Waals surface area contributed by atoms with E-state index in [1.807, 2.05) is 0 Å². The summed E-state index contributed by atoms with van der Waals surface area (Å²) < 4.78 is 4.46. The van der Waals surface area contributed by atoms with E-state index in [4.69, 9.17) is 0 Å². The Morgan fingerprint density at radius 3 is 2.53 bits per heavy atom. The van der Waals surface area contributed by atoms with E-state index in [-0.39, 0.29) is 17.1 Å². The van der Waals surface area contributed by atoms with Gasteiger partial charge in [-0.3, -0.25) is 4.79 Å². The predicted octanol–water partition coefficient (Wildman–Crippen LogP) is 1.77. The van der Waals surface area contributed by atoms with Gasteiger partial charge in [-0.15, -0.1) is 0 Å². The summed E-state index contributed by atoms with van der Waals surface area (Å²) in [6.45, 7) is 1.73. The Bertz CT molecular complexity index is 396. The summed E-state index contributed by atoms with van der Waals surface area (Å²) in [7, 11) is 1.23. The third kappa shape index (κ3) is 2.34. The average Bonchev–Trinajstić information content (AvgIpc) is 2.26. The van der Waals surface area contributed by atoms with Crippen molar-refractivity contribution in [2.75, 3.05) is 7.11 Å². The number of ether oxygens (including phenoxy) is 1. The number of aromatic hydroxyl groups is 1. The summed E-state index contributed by atoms with van der Waals surface area (Å²) in [5.41, 5.74) is 0.452. The molecule has 0 radical (unpaired) electrons. The number of methoxy groups -OCH3 is 1. The number of phenolic OH excluding ortho intramolecular Hbond substituents is 1. The van der Waals surface area contributed by atoms with Crippen LogP contribution in [0.15, 0.2) is 18.2 Å². The van der Waals surface area contributed by atoms with E-state index in [0.717, 1.165) is 0 Å². The van der Waals surface area contributed by atoms with Gasteiger partial charge >= 0.3 is 5.97 Å². The van der Waals surface area contributed by atoms with Crippen LogP contribution in [0.5, 0.6) is 5.75 Å². The summed E-state index contributed by atoms with van der Waals surface area (Å²) in [5.74, 6) is -0.939. The van der Waals surface area contributed by atoms with Gasteiger partial charge in [0.15, 0.2) is 5.78 Å². The van der Waals surface area contributed by atoms with E-state index in [1.54, 1.807) is 6.92 Å². The number of rotatable bonds is 3. The quantitative estimate of drug-likeness (QED) is 0.607. The molecule has 0 aliphatic heterocycles. The molecule has 1 aromatic rings. The van der Waals surface area contributed by atoms with E-state index in [9.17, 15) is 14.7 Å².